The molecule has 0 radical (unpaired) electrons. The highest BCUT2D eigenvalue weighted by molar-refractivity contribution is 7.99. The largest absolute Gasteiger partial charge is 0.399 e. The summed E-state index contributed by atoms with van der Waals surface area (Å²) in [5, 5.41) is 2.73. The lowest BCUT2D eigenvalue weighted by Gasteiger charge is -2.05. The normalized spacial score (nSPS) is 11.1. The Balaban J connectivity index is 2.43. The van der Waals surface area contributed by atoms with Crippen molar-refractivity contribution in [3.05, 3.63) is 30.3 Å². The molecule has 2 N–H and O–H groups in total. The first-order valence-electron chi connectivity index (χ1n) is 4.98. The Morgan fingerprint density at radius 3 is 2.73 bits per heavy atom. The van der Waals surface area contributed by atoms with Gasteiger partial charge in [-0.25, -0.2) is 4.98 Å². The van der Waals surface area contributed by atoms with E-state index < -0.39 is 0 Å². The van der Waals surface area contributed by atoms with E-state index in [1.54, 1.807) is 11.8 Å². The van der Waals surface area contributed by atoms with Crippen molar-refractivity contribution in [1.29, 1.82) is 0 Å². The van der Waals surface area contributed by atoms with Gasteiger partial charge in [0.1, 0.15) is 0 Å². The van der Waals surface area contributed by atoms with Crippen molar-refractivity contribution in [1.82, 2.24) is 4.98 Å². The molecule has 0 fully saturated rings. The fourth-order valence-electron chi connectivity index (χ4n) is 1.43. The van der Waals surface area contributed by atoms with Crippen LogP contribution in [0.4, 0.5) is 5.69 Å². The summed E-state index contributed by atoms with van der Waals surface area (Å²) in [5.74, 6) is 0. The number of rotatable bonds is 2. The van der Waals surface area contributed by atoms with Crippen LogP contribution >= 0.6 is 11.8 Å². The standard InChI is InChI=1S/C12H14N2S/c1-8(2)15-12-6-3-9-7-10(13)4-5-11(9)14-12/h3-8H,13H2,1-2H3. The number of nitrogen functional groups attached to an aromatic ring is 1. The topological polar surface area (TPSA) is 38.9 Å². The van der Waals surface area contributed by atoms with Crippen LogP contribution in [0.15, 0.2) is 35.4 Å². The Kier molecular flexibility index (Phi) is 2.82. The zero-order chi connectivity index (χ0) is 10.8. The molecule has 0 unspecified atom stereocenters. The zero-order valence-corrected chi connectivity index (χ0v) is 9.71. The molecule has 0 spiro atoms. The molecular weight excluding hydrogens is 204 g/mol. The summed E-state index contributed by atoms with van der Waals surface area (Å²) in [6.45, 7) is 4.33. The van der Waals surface area contributed by atoms with E-state index in [0.29, 0.717) is 5.25 Å². The third kappa shape index (κ3) is 2.42. The summed E-state index contributed by atoms with van der Waals surface area (Å²) in [6.07, 6.45) is 0. The quantitative estimate of drug-likeness (QED) is 0.621. The Bertz CT molecular complexity index is 480. The fourth-order valence-corrected chi connectivity index (χ4v) is 2.21. The average molecular weight is 218 g/mol. The monoisotopic (exact) mass is 218 g/mol. The number of aromatic nitrogens is 1. The summed E-state index contributed by atoms with van der Waals surface area (Å²) in [5.41, 5.74) is 7.50. The van der Waals surface area contributed by atoms with Crippen LogP contribution in [0.1, 0.15) is 13.8 Å². The molecule has 15 heavy (non-hydrogen) atoms. The first-order chi connectivity index (χ1) is 7.15. The second-order valence-corrected chi connectivity index (χ2v) is 5.37. The predicted molar refractivity (Wildman–Crippen MR) is 67.1 cm³/mol. The Hall–Kier alpha value is -1.22. The van der Waals surface area contributed by atoms with Crippen LogP contribution in [-0.2, 0) is 0 Å². The van der Waals surface area contributed by atoms with E-state index in [0.717, 1.165) is 21.6 Å². The summed E-state index contributed by atoms with van der Waals surface area (Å²) >= 11 is 1.78. The van der Waals surface area contributed by atoms with Gasteiger partial charge < -0.3 is 5.73 Å². The van der Waals surface area contributed by atoms with Gasteiger partial charge in [0.15, 0.2) is 0 Å². The SMILES string of the molecule is CC(C)Sc1ccc2cc(N)ccc2n1. The molecule has 0 bridgehead atoms. The molecule has 78 valence electrons. The van der Waals surface area contributed by atoms with Gasteiger partial charge in [0.05, 0.1) is 10.5 Å². The van der Waals surface area contributed by atoms with E-state index in [1.165, 1.54) is 0 Å². The van der Waals surface area contributed by atoms with Crippen LogP contribution in [-0.4, -0.2) is 10.2 Å². The van der Waals surface area contributed by atoms with Crippen molar-refractivity contribution in [2.24, 2.45) is 0 Å². The van der Waals surface area contributed by atoms with E-state index in [1.807, 2.05) is 24.3 Å². The van der Waals surface area contributed by atoms with Crippen molar-refractivity contribution < 1.29 is 0 Å². The van der Waals surface area contributed by atoms with Gasteiger partial charge in [-0.1, -0.05) is 19.9 Å². The maximum Gasteiger partial charge on any atom is 0.0970 e. The molecule has 2 rings (SSSR count). The second-order valence-electron chi connectivity index (χ2n) is 3.77. The Morgan fingerprint density at radius 2 is 2.00 bits per heavy atom. The summed E-state index contributed by atoms with van der Waals surface area (Å²) in [6, 6.07) is 9.93. The Labute approximate surface area is 93.9 Å². The number of thioether (sulfide) groups is 1. The zero-order valence-electron chi connectivity index (χ0n) is 8.90. The van der Waals surface area contributed by atoms with Gasteiger partial charge in [0.25, 0.3) is 0 Å². The van der Waals surface area contributed by atoms with Gasteiger partial charge in [-0.15, -0.1) is 11.8 Å². The maximum atomic E-state index is 5.71. The van der Waals surface area contributed by atoms with Crippen molar-refractivity contribution in [2.45, 2.75) is 24.1 Å². The molecule has 0 aliphatic heterocycles. The minimum atomic E-state index is 0.559. The van der Waals surface area contributed by atoms with E-state index in [2.05, 4.69) is 24.9 Å². The highest BCUT2D eigenvalue weighted by Crippen LogP contribution is 2.24. The molecule has 3 heteroatoms. The molecule has 0 atom stereocenters. The van der Waals surface area contributed by atoms with Crippen LogP contribution in [0.3, 0.4) is 0 Å². The fraction of sp³-hybridized carbons (Fsp3) is 0.250. The molecule has 2 nitrogen and oxygen atoms in total. The van der Waals surface area contributed by atoms with Crippen LogP contribution < -0.4 is 5.73 Å². The first-order valence-corrected chi connectivity index (χ1v) is 5.86. The van der Waals surface area contributed by atoms with Crippen molar-refractivity contribution in [3.63, 3.8) is 0 Å². The van der Waals surface area contributed by atoms with Crippen LogP contribution in [0.5, 0.6) is 0 Å². The number of hydrogen-bond acceptors (Lipinski definition) is 3. The highest BCUT2D eigenvalue weighted by atomic mass is 32.2. The van der Waals surface area contributed by atoms with E-state index in [4.69, 9.17) is 5.73 Å². The van der Waals surface area contributed by atoms with Gasteiger partial charge in [-0.2, -0.15) is 0 Å². The van der Waals surface area contributed by atoms with Crippen molar-refractivity contribution in [3.8, 4) is 0 Å². The van der Waals surface area contributed by atoms with Crippen molar-refractivity contribution >= 4 is 28.4 Å². The molecule has 0 amide bonds. The van der Waals surface area contributed by atoms with Gasteiger partial charge in [-0.05, 0) is 24.3 Å². The minimum absolute atomic E-state index is 0.559. The molecule has 1 heterocycles. The summed E-state index contributed by atoms with van der Waals surface area (Å²) in [4.78, 5) is 4.56. The molecular formula is C12H14N2S. The molecule has 0 aliphatic rings. The third-order valence-corrected chi connectivity index (χ3v) is 2.98. The third-order valence-electron chi connectivity index (χ3n) is 2.04. The number of benzene rings is 1. The summed E-state index contributed by atoms with van der Waals surface area (Å²) < 4.78 is 0. The summed E-state index contributed by atoms with van der Waals surface area (Å²) in [7, 11) is 0. The molecule has 1 aromatic carbocycles. The highest BCUT2D eigenvalue weighted by Gasteiger charge is 2.01. The Morgan fingerprint density at radius 1 is 1.20 bits per heavy atom. The van der Waals surface area contributed by atoms with Crippen molar-refractivity contribution in [2.75, 3.05) is 5.73 Å². The number of nitrogens with two attached hydrogens (primary N) is 1. The molecule has 0 aliphatic carbocycles. The predicted octanol–water partition coefficient (Wildman–Crippen LogP) is 3.32. The van der Waals surface area contributed by atoms with Gasteiger partial charge in [0, 0.05) is 16.3 Å². The number of nitrogens with zero attached hydrogens (tertiary/aromatic N) is 1. The molecule has 0 saturated heterocycles. The van der Waals surface area contributed by atoms with E-state index in [9.17, 15) is 0 Å². The first kappa shape index (κ1) is 10.3. The van der Waals surface area contributed by atoms with E-state index >= 15 is 0 Å². The number of pyridine rings is 1. The average Bonchev–Trinajstić information content (AvgIpc) is 2.17. The smallest absolute Gasteiger partial charge is 0.0970 e. The van der Waals surface area contributed by atoms with Crippen LogP contribution in [0.25, 0.3) is 10.9 Å². The lowest BCUT2D eigenvalue weighted by molar-refractivity contribution is 1.09. The lowest BCUT2D eigenvalue weighted by Crippen LogP contribution is -1.90. The molecule has 2 aromatic rings. The van der Waals surface area contributed by atoms with Crippen LogP contribution in [0, 0.1) is 0 Å². The maximum absolute atomic E-state index is 5.71. The van der Waals surface area contributed by atoms with Gasteiger partial charge >= 0.3 is 0 Å². The number of fused-ring (bicyclic) bond motifs is 1. The molecule has 1 aromatic heterocycles. The van der Waals surface area contributed by atoms with Crippen LogP contribution in [0.2, 0.25) is 0 Å². The van der Waals surface area contributed by atoms with E-state index in [-0.39, 0.29) is 0 Å². The minimum Gasteiger partial charge on any atom is -0.399 e. The second kappa shape index (κ2) is 4.11. The number of hydrogen-bond donors (Lipinski definition) is 1. The van der Waals surface area contributed by atoms with Gasteiger partial charge in [-0.3, -0.25) is 0 Å². The van der Waals surface area contributed by atoms with Gasteiger partial charge in [0.2, 0.25) is 0 Å². The number of anilines is 1. The molecule has 0 saturated carbocycles. The lowest BCUT2D eigenvalue weighted by atomic mass is 10.2.